The van der Waals surface area contributed by atoms with Gasteiger partial charge in [-0.15, -0.1) is 0 Å². The molecule has 0 spiro atoms. The van der Waals surface area contributed by atoms with Crippen LogP contribution in [0.15, 0.2) is 46.9 Å². The number of hydrogen-bond donors (Lipinski definition) is 1. The molecule has 0 heterocycles. The molecule has 22 heavy (non-hydrogen) atoms. The zero-order valence-electron chi connectivity index (χ0n) is 12.6. The number of benzene rings is 2. The highest BCUT2D eigenvalue weighted by Crippen LogP contribution is 2.18. The van der Waals surface area contributed by atoms with E-state index >= 15 is 0 Å². The predicted octanol–water partition coefficient (Wildman–Crippen LogP) is 3.63. The Morgan fingerprint density at radius 1 is 1.23 bits per heavy atom. The molecule has 0 unspecified atom stereocenters. The van der Waals surface area contributed by atoms with Crippen molar-refractivity contribution >= 4 is 27.5 Å². The van der Waals surface area contributed by atoms with Gasteiger partial charge in [0.15, 0.2) is 0 Å². The zero-order valence-corrected chi connectivity index (χ0v) is 14.2. The van der Waals surface area contributed by atoms with Gasteiger partial charge in [-0.1, -0.05) is 34.1 Å². The number of nitrogens with one attached hydrogen (secondary N) is 1. The second-order valence-electron chi connectivity index (χ2n) is 5.16. The lowest BCUT2D eigenvalue weighted by Crippen LogP contribution is -2.26. The van der Waals surface area contributed by atoms with Crippen molar-refractivity contribution in [3.8, 4) is 0 Å². The van der Waals surface area contributed by atoms with Crippen molar-refractivity contribution < 1.29 is 9.18 Å². The second kappa shape index (κ2) is 7.40. The molecule has 0 atom stereocenters. The minimum Gasteiger partial charge on any atom is -0.375 e. The van der Waals surface area contributed by atoms with Gasteiger partial charge in [0.05, 0.1) is 5.69 Å². The van der Waals surface area contributed by atoms with Crippen molar-refractivity contribution in [3.63, 3.8) is 0 Å². The number of anilines is 1. The molecule has 1 amide bonds. The standard InChI is InChI=1S/C17H18BrFN2O/c1-21(2)16-8-7-13(11-15(16)19)17(22)20-10-9-12-5-3-4-6-14(12)18/h3-8,11H,9-10H2,1-2H3,(H,20,22). The highest BCUT2D eigenvalue weighted by molar-refractivity contribution is 9.10. The Hall–Kier alpha value is -1.88. The van der Waals surface area contributed by atoms with E-state index in [0.29, 0.717) is 24.2 Å². The maximum atomic E-state index is 13.9. The van der Waals surface area contributed by atoms with E-state index in [1.807, 2.05) is 24.3 Å². The van der Waals surface area contributed by atoms with Crippen molar-refractivity contribution in [2.24, 2.45) is 0 Å². The minimum atomic E-state index is -0.400. The first-order valence-electron chi connectivity index (χ1n) is 6.97. The summed E-state index contributed by atoms with van der Waals surface area (Å²) in [5, 5.41) is 2.81. The Bertz CT molecular complexity index is 673. The van der Waals surface area contributed by atoms with E-state index in [2.05, 4.69) is 21.2 Å². The van der Waals surface area contributed by atoms with Gasteiger partial charge in [0.2, 0.25) is 0 Å². The molecule has 0 saturated carbocycles. The van der Waals surface area contributed by atoms with Gasteiger partial charge in [0, 0.05) is 30.7 Å². The SMILES string of the molecule is CN(C)c1ccc(C(=O)NCCc2ccccc2Br)cc1F. The molecular formula is C17H18BrFN2O. The Morgan fingerprint density at radius 3 is 2.59 bits per heavy atom. The smallest absolute Gasteiger partial charge is 0.251 e. The van der Waals surface area contributed by atoms with Gasteiger partial charge in [-0.05, 0) is 36.2 Å². The summed E-state index contributed by atoms with van der Waals surface area (Å²) in [5.74, 6) is -0.667. The van der Waals surface area contributed by atoms with Crippen molar-refractivity contribution in [1.29, 1.82) is 0 Å². The van der Waals surface area contributed by atoms with Gasteiger partial charge in [0.25, 0.3) is 5.91 Å². The lowest BCUT2D eigenvalue weighted by atomic mass is 10.1. The second-order valence-corrected chi connectivity index (χ2v) is 6.01. The van der Waals surface area contributed by atoms with Crippen LogP contribution in [-0.2, 0) is 6.42 Å². The molecule has 3 nitrogen and oxygen atoms in total. The molecular weight excluding hydrogens is 347 g/mol. The van der Waals surface area contributed by atoms with Crippen LogP contribution in [0, 0.1) is 5.82 Å². The molecule has 0 aliphatic carbocycles. The molecule has 1 N–H and O–H groups in total. The van der Waals surface area contributed by atoms with Crippen LogP contribution in [0.1, 0.15) is 15.9 Å². The number of hydrogen-bond acceptors (Lipinski definition) is 2. The van der Waals surface area contributed by atoms with E-state index in [1.54, 1.807) is 31.1 Å². The van der Waals surface area contributed by atoms with E-state index < -0.39 is 5.82 Å². The first-order chi connectivity index (χ1) is 10.5. The fraction of sp³-hybridized carbons (Fsp3) is 0.235. The largest absolute Gasteiger partial charge is 0.375 e. The number of nitrogens with zero attached hydrogens (tertiary/aromatic N) is 1. The molecule has 0 aromatic heterocycles. The summed E-state index contributed by atoms with van der Waals surface area (Å²) in [7, 11) is 3.52. The number of amides is 1. The number of carbonyl (C=O) groups is 1. The summed E-state index contributed by atoms with van der Waals surface area (Å²) >= 11 is 3.47. The third-order valence-corrected chi connectivity index (χ3v) is 4.10. The number of halogens is 2. The van der Waals surface area contributed by atoms with Crippen LogP contribution in [0.2, 0.25) is 0 Å². The fourth-order valence-corrected chi connectivity index (χ4v) is 2.61. The lowest BCUT2D eigenvalue weighted by molar-refractivity contribution is 0.0953. The lowest BCUT2D eigenvalue weighted by Gasteiger charge is -2.14. The summed E-state index contributed by atoms with van der Waals surface area (Å²) in [6.45, 7) is 0.499. The minimum absolute atomic E-state index is 0.267. The molecule has 0 aliphatic rings. The van der Waals surface area contributed by atoms with Crippen molar-refractivity contribution in [1.82, 2.24) is 5.32 Å². The molecule has 0 bridgehead atoms. The summed E-state index contributed by atoms with van der Waals surface area (Å²) < 4.78 is 14.9. The molecule has 0 radical (unpaired) electrons. The maximum Gasteiger partial charge on any atom is 0.251 e. The molecule has 0 saturated heterocycles. The molecule has 0 aliphatic heterocycles. The Labute approximate surface area is 138 Å². The highest BCUT2D eigenvalue weighted by atomic mass is 79.9. The van der Waals surface area contributed by atoms with E-state index in [-0.39, 0.29) is 5.91 Å². The number of rotatable bonds is 5. The average molecular weight is 365 g/mol. The summed E-state index contributed by atoms with van der Waals surface area (Å²) in [6, 6.07) is 12.4. The Kier molecular flexibility index (Phi) is 5.55. The molecule has 2 rings (SSSR count). The van der Waals surface area contributed by atoms with Crippen LogP contribution in [0.25, 0.3) is 0 Å². The molecule has 2 aromatic rings. The molecule has 116 valence electrons. The van der Waals surface area contributed by atoms with Gasteiger partial charge in [0.1, 0.15) is 5.82 Å². The van der Waals surface area contributed by atoms with Crippen LogP contribution in [0.4, 0.5) is 10.1 Å². The van der Waals surface area contributed by atoms with Gasteiger partial charge in [-0.25, -0.2) is 4.39 Å². The predicted molar refractivity (Wildman–Crippen MR) is 90.9 cm³/mol. The normalized spacial score (nSPS) is 10.4. The van der Waals surface area contributed by atoms with Crippen molar-refractivity contribution in [3.05, 3.63) is 63.9 Å². The monoisotopic (exact) mass is 364 g/mol. The third-order valence-electron chi connectivity index (χ3n) is 3.33. The van der Waals surface area contributed by atoms with E-state index in [4.69, 9.17) is 0 Å². The van der Waals surface area contributed by atoms with Crippen LogP contribution >= 0.6 is 15.9 Å². The highest BCUT2D eigenvalue weighted by Gasteiger charge is 2.10. The first kappa shape index (κ1) is 16.5. The third kappa shape index (κ3) is 4.07. The average Bonchev–Trinajstić information content (AvgIpc) is 2.48. The van der Waals surface area contributed by atoms with Crippen molar-refractivity contribution in [2.75, 3.05) is 25.5 Å². The quantitative estimate of drug-likeness (QED) is 0.878. The van der Waals surface area contributed by atoms with Gasteiger partial charge < -0.3 is 10.2 Å². The Morgan fingerprint density at radius 2 is 1.95 bits per heavy atom. The van der Waals surface area contributed by atoms with Gasteiger partial charge in [-0.3, -0.25) is 4.79 Å². The van der Waals surface area contributed by atoms with E-state index in [1.165, 1.54) is 6.07 Å². The molecule has 2 aromatic carbocycles. The van der Waals surface area contributed by atoms with Gasteiger partial charge >= 0.3 is 0 Å². The Balaban J connectivity index is 1.95. The zero-order chi connectivity index (χ0) is 16.1. The van der Waals surface area contributed by atoms with Gasteiger partial charge in [-0.2, -0.15) is 0 Å². The topological polar surface area (TPSA) is 32.3 Å². The van der Waals surface area contributed by atoms with Crippen LogP contribution < -0.4 is 10.2 Å². The van der Waals surface area contributed by atoms with E-state index in [9.17, 15) is 9.18 Å². The van der Waals surface area contributed by atoms with Crippen molar-refractivity contribution in [2.45, 2.75) is 6.42 Å². The summed E-state index contributed by atoms with van der Waals surface area (Å²) in [4.78, 5) is 13.7. The fourth-order valence-electron chi connectivity index (χ4n) is 2.12. The van der Waals surface area contributed by atoms with Crippen LogP contribution in [0.3, 0.4) is 0 Å². The van der Waals surface area contributed by atoms with Crippen LogP contribution in [-0.4, -0.2) is 26.5 Å². The molecule has 5 heteroatoms. The molecule has 0 fully saturated rings. The first-order valence-corrected chi connectivity index (χ1v) is 7.77. The van der Waals surface area contributed by atoms with Crippen LogP contribution in [0.5, 0.6) is 0 Å². The summed E-state index contributed by atoms with van der Waals surface area (Å²) in [6.07, 6.45) is 0.714. The maximum absolute atomic E-state index is 13.9. The summed E-state index contributed by atoms with van der Waals surface area (Å²) in [5.41, 5.74) is 1.91. The van der Waals surface area contributed by atoms with E-state index in [0.717, 1.165) is 10.0 Å². The number of carbonyl (C=O) groups excluding carboxylic acids is 1.